The van der Waals surface area contributed by atoms with E-state index in [1.165, 1.54) is 6.07 Å². The number of imide groups is 1. The van der Waals surface area contributed by atoms with E-state index in [2.05, 4.69) is 10.6 Å². The van der Waals surface area contributed by atoms with Gasteiger partial charge in [0.1, 0.15) is 12.1 Å². The van der Waals surface area contributed by atoms with Gasteiger partial charge in [-0.15, -0.1) is 0 Å². The van der Waals surface area contributed by atoms with E-state index in [9.17, 15) is 14.4 Å². The van der Waals surface area contributed by atoms with Gasteiger partial charge < -0.3 is 10.6 Å². The molecule has 1 unspecified atom stereocenters. The van der Waals surface area contributed by atoms with Crippen molar-refractivity contribution in [3.63, 3.8) is 0 Å². The Morgan fingerprint density at radius 1 is 1.11 bits per heavy atom. The summed E-state index contributed by atoms with van der Waals surface area (Å²) in [4.78, 5) is 38.6. The van der Waals surface area contributed by atoms with Crippen molar-refractivity contribution in [1.82, 2.24) is 10.2 Å². The highest BCUT2D eigenvalue weighted by atomic mass is 35.5. The molecule has 2 aromatic rings. The van der Waals surface area contributed by atoms with E-state index in [1.54, 1.807) is 19.1 Å². The van der Waals surface area contributed by atoms with Crippen molar-refractivity contribution in [1.29, 1.82) is 0 Å². The zero-order valence-corrected chi connectivity index (χ0v) is 17.1. The van der Waals surface area contributed by atoms with E-state index in [0.717, 1.165) is 16.0 Å². The maximum Gasteiger partial charge on any atom is 0.325 e. The van der Waals surface area contributed by atoms with Gasteiger partial charge in [0, 0.05) is 21.3 Å². The maximum absolute atomic E-state index is 12.9. The summed E-state index contributed by atoms with van der Waals surface area (Å²) < 4.78 is 0. The molecule has 28 heavy (non-hydrogen) atoms. The molecular weight excluding hydrogens is 401 g/mol. The molecule has 146 valence electrons. The summed E-state index contributed by atoms with van der Waals surface area (Å²) in [5, 5.41) is 6.02. The molecule has 1 atom stereocenters. The second-order valence-corrected chi connectivity index (χ2v) is 7.84. The lowest BCUT2D eigenvalue weighted by atomic mass is 9.92. The number of hydrogen-bond donors (Lipinski definition) is 2. The topological polar surface area (TPSA) is 78.5 Å². The molecular formula is C20H19Cl2N3O3. The van der Waals surface area contributed by atoms with Crippen molar-refractivity contribution in [2.24, 2.45) is 0 Å². The van der Waals surface area contributed by atoms with Gasteiger partial charge in [0.05, 0.1) is 0 Å². The summed E-state index contributed by atoms with van der Waals surface area (Å²) in [6, 6.07) is 9.62. The van der Waals surface area contributed by atoms with Crippen molar-refractivity contribution in [2.45, 2.75) is 26.3 Å². The Balaban J connectivity index is 1.79. The van der Waals surface area contributed by atoms with E-state index < -0.39 is 29.9 Å². The Morgan fingerprint density at radius 2 is 1.75 bits per heavy atom. The molecule has 1 aliphatic rings. The molecule has 1 fully saturated rings. The van der Waals surface area contributed by atoms with Gasteiger partial charge in [-0.2, -0.15) is 0 Å². The molecule has 1 saturated heterocycles. The number of rotatable bonds is 4. The molecule has 0 radical (unpaired) electrons. The number of nitrogens with one attached hydrogen (secondary N) is 2. The SMILES string of the molecule is Cc1cc(C)cc(NC(=O)CN2C(=O)NC(C)(c3ccc(Cl)cc3Cl)C2=O)c1. The van der Waals surface area contributed by atoms with Crippen molar-refractivity contribution < 1.29 is 14.4 Å². The van der Waals surface area contributed by atoms with E-state index in [4.69, 9.17) is 23.2 Å². The van der Waals surface area contributed by atoms with E-state index in [-0.39, 0.29) is 5.02 Å². The molecule has 0 aliphatic carbocycles. The van der Waals surface area contributed by atoms with Crippen LogP contribution in [0.1, 0.15) is 23.6 Å². The van der Waals surface area contributed by atoms with E-state index in [1.807, 2.05) is 32.0 Å². The van der Waals surface area contributed by atoms with Gasteiger partial charge in [0.25, 0.3) is 5.91 Å². The third-order valence-electron chi connectivity index (χ3n) is 4.55. The first-order valence-corrected chi connectivity index (χ1v) is 9.33. The number of halogens is 2. The smallest absolute Gasteiger partial charge is 0.325 e. The monoisotopic (exact) mass is 419 g/mol. The Bertz CT molecular complexity index is 972. The molecule has 8 heteroatoms. The van der Waals surface area contributed by atoms with Crippen LogP contribution in [0.4, 0.5) is 10.5 Å². The van der Waals surface area contributed by atoms with Crippen molar-refractivity contribution >= 4 is 46.7 Å². The summed E-state index contributed by atoms with van der Waals surface area (Å²) in [6.45, 7) is 4.98. The average Bonchev–Trinajstić information content (AvgIpc) is 2.77. The fourth-order valence-electron chi connectivity index (χ4n) is 3.31. The number of benzene rings is 2. The lowest BCUT2D eigenvalue weighted by Crippen LogP contribution is -2.42. The Labute approximate surface area is 172 Å². The molecule has 6 nitrogen and oxygen atoms in total. The third-order valence-corrected chi connectivity index (χ3v) is 5.10. The first-order valence-electron chi connectivity index (χ1n) is 8.58. The minimum absolute atomic E-state index is 0.255. The molecule has 0 saturated carbocycles. The van der Waals surface area contributed by atoms with Crippen LogP contribution in [0.2, 0.25) is 10.0 Å². The fourth-order valence-corrected chi connectivity index (χ4v) is 3.91. The normalized spacial score (nSPS) is 19.0. The lowest BCUT2D eigenvalue weighted by molar-refractivity contribution is -0.133. The van der Waals surface area contributed by atoms with Crippen LogP contribution in [0.15, 0.2) is 36.4 Å². The lowest BCUT2D eigenvalue weighted by Gasteiger charge is -2.23. The van der Waals surface area contributed by atoms with Gasteiger partial charge in [-0.3, -0.25) is 14.5 Å². The summed E-state index contributed by atoms with van der Waals surface area (Å²) in [5.74, 6) is -1.03. The number of carbonyl (C=O) groups excluding carboxylic acids is 3. The number of carbonyl (C=O) groups is 3. The molecule has 4 amide bonds. The van der Waals surface area contributed by atoms with Crippen LogP contribution >= 0.6 is 23.2 Å². The Morgan fingerprint density at radius 3 is 2.36 bits per heavy atom. The van der Waals surface area contributed by atoms with Crippen LogP contribution in [-0.4, -0.2) is 29.3 Å². The highest BCUT2D eigenvalue weighted by Gasteiger charge is 2.50. The molecule has 0 aromatic heterocycles. The Kier molecular flexibility index (Phi) is 5.37. The quantitative estimate of drug-likeness (QED) is 0.734. The number of amides is 4. The van der Waals surface area contributed by atoms with E-state index in [0.29, 0.717) is 16.3 Å². The van der Waals surface area contributed by atoms with E-state index >= 15 is 0 Å². The van der Waals surface area contributed by atoms with Gasteiger partial charge in [-0.1, -0.05) is 35.3 Å². The zero-order valence-electron chi connectivity index (χ0n) is 15.6. The van der Waals surface area contributed by atoms with Gasteiger partial charge >= 0.3 is 6.03 Å². The predicted molar refractivity (Wildman–Crippen MR) is 109 cm³/mol. The zero-order chi connectivity index (χ0) is 20.6. The number of hydrogen-bond acceptors (Lipinski definition) is 3. The average molecular weight is 420 g/mol. The standard InChI is InChI=1S/C20H19Cl2N3O3/c1-11-6-12(2)8-14(7-11)23-17(26)10-25-18(27)20(3,24-19(25)28)15-5-4-13(21)9-16(15)22/h4-9H,10H2,1-3H3,(H,23,26)(H,24,28). The minimum Gasteiger partial charge on any atom is -0.325 e. The van der Waals surface area contributed by atoms with Crippen molar-refractivity contribution in [3.8, 4) is 0 Å². The first kappa shape index (κ1) is 20.2. The van der Waals surface area contributed by atoms with Gasteiger partial charge in [0.2, 0.25) is 5.91 Å². The number of nitrogens with zero attached hydrogens (tertiary/aromatic N) is 1. The van der Waals surface area contributed by atoms with Crippen LogP contribution in [0, 0.1) is 13.8 Å². The molecule has 1 heterocycles. The summed E-state index contributed by atoms with van der Waals surface area (Å²) in [6.07, 6.45) is 0. The molecule has 2 aromatic carbocycles. The van der Waals surface area contributed by atoms with Crippen LogP contribution in [0.25, 0.3) is 0 Å². The van der Waals surface area contributed by atoms with Crippen LogP contribution < -0.4 is 10.6 Å². The number of anilines is 1. The second-order valence-electron chi connectivity index (χ2n) is 7.00. The van der Waals surface area contributed by atoms with Crippen molar-refractivity contribution in [3.05, 3.63) is 63.1 Å². The fraction of sp³-hybridized carbons (Fsp3) is 0.250. The highest BCUT2D eigenvalue weighted by molar-refractivity contribution is 6.35. The Hall–Kier alpha value is -2.57. The summed E-state index contributed by atoms with van der Waals surface area (Å²) in [5.41, 5.74) is 1.64. The van der Waals surface area contributed by atoms with Crippen LogP contribution in [-0.2, 0) is 15.1 Å². The third kappa shape index (κ3) is 3.84. The van der Waals surface area contributed by atoms with Gasteiger partial charge in [-0.05, 0) is 56.2 Å². The van der Waals surface area contributed by atoms with Crippen LogP contribution in [0.3, 0.4) is 0 Å². The summed E-state index contributed by atoms with van der Waals surface area (Å²) in [7, 11) is 0. The highest BCUT2D eigenvalue weighted by Crippen LogP contribution is 2.34. The van der Waals surface area contributed by atoms with Gasteiger partial charge in [0.15, 0.2) is 0 Å². The van der Waals surface area contributed by atoms with Crippen LogP contribution in [0.5, 0.6) is 0 Å². The molecule has 0 spiro atoms. The maximum atomic E-state index is 12.9. The molecule has 3 rings (SSSR count). The first-order chi connectivity index (χ1) is 13.1. The number of aryl methyl sites for hydroxylation is 2. The largest absolute Gasteiger partial charge is 0.325 e. The molecule has 2 N–H and O–H groups in total. The summed E-state index contributed by atoms with van der Waals surface area (Å²) >= 11 is 12.1. The number of urea groups is 1. The molecule has 1 aliphatic heterocycles. The second kappa shape index (κ2) is 7.45. The molecule has 0 bridgehead atoms. The minimum atomic E-state index is -1.38. The predicted octanol–water partition coefficient (Wildman–Crippen LogP) is 4.02. The van der Waals surface area contributed by atoms with Crippen molar-refractivity contribution in [2.75, 3.05) is 11.9 Å². The van der Waals surface area contributed by atoms with Gasteiger partial charge in [-0.25, -0.2) is 4.79 Å².